The molecular weight excluding hydrogens is 398 g/mol. The third kappa shape index (κ3) is 3.17. The number of thiazole rings is 1. The lowest BCUT2D eigenvalue weighted by atomic mass is 10.1. The van der Waals surface area contributed by atoms with E-state index in [0.717, 1.165) is 27.9 Å². The fourth-order valence-electron chi connectivity index (χ4n) is 3.58. The van der Waals surface area contributed by atoms with Crippen LogP contribution in [0, 0.1) is 6.92 Å². The SMILES string of the molecule is Cc1[nH]c2ccccc2c1-c1csc(NC(=O)Cn2cnc3ccccc3c2=O)n1. The standard InChI is InChI=1S/C22H17N5O2S/c1-13-20(14-6-2-5-9-17(14)24-13)18-11-30-22(25-18)26-19(28)10-27-12-23-16-8-4-3-7-15(16)21(27)29/h2-9,11-12,24H,10H2,1H3,(H,25,26,28). The van der Waals surface area contributed by atoms with Gasteiger partial charge in [-0.15, -0.1) is 11.3 Å². The second-order valence-corrected chi connectivity index (χ2v) is 7.81. The Morgan fingerprint density at radius 3 is 2.77 bits per heavy atom. The summed E-state index contributed by atoms with van der Waals surface area (Å²) < 4.78 is 1.30. The predicted molar refractivity (Wildman–Crippen MR) is 119 cm³/mol. The van der Waals surface area contributed by atoms with Crippen LogP contribution < -0.4 is 10.9 Å². The number of fused-ring (bicyclic) bond motifs is 2. The first-order chi connectivity index (χ1) is 14.6. The van der Waals surface area contributed by atoms with E-state index in [1.165, 1.54) is 22.2 Å². The Morgan fingerprint density at radius 1 is 1.13 bits per heavy atom. The normalized spacial score (nSPS) is 11.2. The van der Waals surface area contributed by atoms with Crippen LogP contribution in [0.3, 0.4) is 0 Å². The van der Waals surface area contributed by atoms with Crippen molar-refractivity contribution in [2.45, 2.75) is 13.5 Å². The number of amides is 1. The number of H-pyrrole nitrogens is 1. The van der Waals surface area contributed by atoms with Crippen molar-refractivity contribution in [1.29, 1.82) is 0 Å². The van der Waals surface area contributed by atoms with Gasteiger partial charge in [-0.1, -0.05) is 30.3 Å². The van der Waals surface area contributed by atoms with Crippen LogP contribution >= 0.6 is 11.3 Å². The summed E-state index contributed by atoms with van der Waals surface area (Å²) in [6, 6.07) is 15.1. The lowest BCUT2D eigenvalue weighted by Crippen LogP contribution is -2.27. The molecular formula is C22H17N5O2S. The van der Waals surface area contributed by atoms with Crippen molar-refractivity contribution in [1.82, 2.24) is 19.5 Å². The molecule has 0 saturated carbocycles. The third-order valence-corrected chi connectivity index (χ3v) is 5.70. The third-order valence-electron chi connectivity index (χ3n) is 4.95. The molecule has 148 valence electrons. The van der Waals surface area contributed by atoms with E-state index in [0.29, 0.717) is 16.0 Å². The van der Waals surface area contributed by atoms with Crippen LogP contribution in [0.5, 0.6) is 0 Å². The number of hydrogen-bond donors (Lipinski definition) is 2. The molecule has 2 N–H and O–H groups in total. The molecule has 0 aliphatic rings. The van der Waals surface area contributed by atoms with Crippen LogP contribution in [0.4, 0.5) is 5.13 Å². The minimum atomic E-state index is -0.328. The molecule has 7 nitrogen and oxygen atoms in total. The maximum atomic E-state index is 12.6. The van der Waals surface area contributed by atoms with Crippen LogP contribution in [0.15, 0.2) is 65.0 Å². The van der Waals surface area contributed by atoms with Gasteiger partial charge in [-0.25, -0.2) is 9.97 Å². The Hall–Kier alpha value is -3.78. The highest BCUT2D eigenvalue weighted by Crippen LogP contribution is 2.33. The molecule has 0 atom stereocenters. The molecule has 0 fully saturated rings. The van der Waals surface area contributed by atoms with E-state index in [1.54, 1.807) is 18.2 Å². The van der Waals surface area contributed by atoms with Gasteiger partial charge in [0.1, 0.15) is 6.54 Å². The van der Waals surface area contributed by atoms with E-state index >= 15 is 0 Å². The van der Waals surface area contributed by atoms with Gasteiger partial charge in [0.05, 0.1) is 22.9 Å². The van der Waals surface area contributed by atoms with E-state index in [1.807, 2.05) is 42.6 Å². The molecule has 1 amide bonds. The quantitative estimate of drug-likeness (QED) is 0.465. The molecule has 0 aliphatic carbocycles. The van der Waals surface area contributed by atoms with Crippen molar-refractivity contribution in [2.75, 3.05) is 5.32 Å². The van der Waals surface area contributed by atoms with Gasteiger partial charge >= 0.3 is 0 Å². The van der Waals surface area contributed by atoms with Gasteiger partial charge in [-0.05, 0) is 25.1 Å². The molecule has 0 bridgehead atoms. The monoisotopic (exact) mass is 415 g/mol. The number of nitrogens with one attached hydrogen (secondary N) is 2. The number of anilines is 1. The molecule has 0 aliphatic heterocycles. The van der Waals surface area contributed by atoms with Gasteiger partial charge in [0, 0.05) is 27.5 Å². The summed E-state index contributed by atoms with van der Waals surface area (Å²) in [6.45, 7) is 1.88. The van der Waals surface area contributed by atoms with Crippen molar-refractivity contribution in [2.24, 2.45) is 0 Å². The fourth-order valence-corrected chi connectivity index (χ4v) is 4.30. The zero-order valence-corrected chi connectivity index (χ0v) is 16.9. The highest BCUT2D eigenvalue weighted by Gasteiger charge is 2.15. The maximum Gasteiger partial charge on any atom is 0.261 e. The number of carbonyl (C=O) groups excluding carboxylic acids is 1. The van der Waals surface area contributed by atoms with Crippen molar-refractivity contribution in [3.8, 4) is 11.3 Å². The molecule has 30 heavy (non-hydrogen) atoms. The Morgan fingerprint density at radius 2 is 1.90 bits per heavy atom. The lowest BCUT2D eigenvalue weighted by molar-refractivity contribution is -0.116. The first-order valence-corrected chi connectivity index (χ1v) is 10.3. The summed E-state index contributed by atoms with van der Waals surface area (Å²) >= 11 is 1.35. The number of para-hydroxylation sites is 2. The smallest absolute Gasteiger partial charge is 0.261 e. The van der Waals surface area contributed by atoms with Crippen molar-refractivity contribution >= 4 is 44.2 Å². The largest absolute Gasteiger partial charge is 0.358 e. The lowest BCUT2D eigenvalue weighted by Gasteiger charge is -2.06. The molecule has 5 aromatic rings. The highest BCUT2D eigenvalue weighted by molar-refractivity contribution is 7.14. The van der Waals surface area contributed by atoms with Crippen LogP contribution in [-0.4, -0.2) is 25.4 Å². The Kier molecular flexibility index (Phi) is 4.40. The molecule has 0 saturated heterocycles. The van der Waals surface area contributed by atoms with E-state index < -0.39 is 0 Å². The summed E-state index contributed by atoms with van der Waals surface area (Å²) in [4.78, 5) is 37.3. The number of carbonyl (C=O) groups is 1. The van der Waals surface area contributed by atoms with E-state index in [9.17, 15) is 9.59 Å². The van der Waals surface area contributed by atoms with Gasteiger partial charge in [-0.3, -0.25) is 14.2 Å². The molecule has 5 rings (SSSR count). The van der Waals surface area contributed by atoms with Gasteiger partial charge in [0.2, 0.25) is 5.91 Å². The average Bonchev–Trinajstić information content (AvgIpc) is 3.33. The van der Waals surface area contributed by atoms with Crippen LogP contribution in [0.2, 0.25) is 0 Å². The second kappa shape index (κ2) is 7.23. The average molecular weight is 415 g/mol. The van der Waals surface area contributed by atoms with Crippen LogP contribution in [-0.2, 0) is 11.3 Å². The van der Waals surface area contributed by atoms with Gasteiger partial charge in [-0.2, -0.15) is 0 Å². The Balaban J connectivity index is 1.38. The molecule has 0 spiro atoms. The topological polar surface area (TPSA) is 92.7 Å². The van der Waals surface area contributed by atoms with Crippen LogP contribution in [0.1, 0.15) is 5.69 Å². The van der Waals surface area contributed by atoms with E-state index in [4.69, 9.17) is 0 Å². The number of aromatic nitrogens is 4. The van der Waals surface area contributed by atoms with Crippen molar-refractivity contribution < 1.29 is 4.79 Å². The summed E-state index contributed by atoms with van der Waals surface area (Å²) in [5, 5.41) is 6.77. The number of aromatic amines is 1. The van der Waals surface area contributed by atoms with Crippen molar-refractivity contribution in [3.05, 3.63) is 76.3 Å². The highest BCUT2D eigenvalue weighted by atomic mass is 32.1. The fraction of sp³-hybridized carbons (Fsp3) is 0.0909. The first-order valence-electron chi connectivity index (χ1n) is 9.37. The molecule has 2 aromatic carbocycles. The summed E-state index contributed by atoms with van der Waals surface area (Å²) in [6.07, 6.45) is 1.40. The minimum Gasteiger partial charge on any atom is -0.358 e. The number of hydrogen-bond acceptors (Lipinski definition) is 5. The number of rotatable bonds is 4. The van der Waals surface area contributed by atoms with Crippen LogP contribution in [0.25, 0.3) is 33.1 Å². The number of nitrogens with zero attached hydrogens (tertiary/aromatic N) is 3. The zero-order chi connectivity index (χ0) is 20.7. The van der Waals surface area contributed by atoms with Crippen molar-refractivity contribution in [3.63, 3.8) is 0 Å². The maximum absolute atomic E-state index is 12.6. The second-order valence-electron chi connectivity index (χ2n) is 6.95. The summed E-state index contributed by atoms with van der Waals surface area (Å²) in [5.41, 5.74) is 4.26. The minimum absolute atomic E-state index is 0.127. The predicted octanol–water partition coefficient (Wildman–Crippen LogP) is 3.95. The molecule has 0 unspecified atom stereocenters. The first kappa shape index (κ1) is 18.3. The Bertz CT molecular complexity index is 1460. The molecule has 3 aromatic heterocycles. The van der Waals surface area contributed by atoms with Gasteiger partial charge in [0.25, 0.3) is 5.56 Å². The summed E-state index contributed by atoms with van der Waals surface area (Å²) in [7, 11) is 0. The van der Waals surface area contributed by atoms with E-state index in [2.05, 4.69) is 20.3 Å². The molecule has 3 heterocycles. The molecule has 0 radical (unpaired) electrons. The van der Waals surface area contributed by atoms with Gasteiger partial charge in [0.15, 0.2) is 5.13 Å². The number of benzene rings is 2. The zero-order valence-electron chi connectivity index (χ0n) is 16.0. The van der Waals surface area contributed by atoms with Gasteiger partial charge < -0.3 is 10.3 Å². The summed E-state index contributed by atoms with van der Waals surface area (Å²) in [5.74, 6) is -0.328. The number of aryl methyl sites for hydroxylation is 1. The van der Waals surface area contributed by atoms with E-state index in [-0.39, 0.29) is 18.0 Å². The molecule has 8 heteroatoms. The Labute approximate surface area is 175 Å².